The highest BCUT2D eigenvalue weighted by Crippen LogP contribution is 2.42. The number of amides is 1. The Morgan fingerprint density at radius 3 is 2.77 bits per heavy atom. The number of carbonyl (C=O) groups is 1. The standard InChI is InChI=1S/C4H9FNO6P/c1-10-4(7)6-2-3-11-13(8,9)12-5/h2-3H2,1H3,(H,6,7)(H,8,9). The second-order valence-electron chi connectivity index (χ2n) is 1.79. The molecule has 0 aromatic carbocycles. The third-order valence-corrected chi connectivity index (χ3v) is 1.58. The lowest BCUT2D eigenvalue weighted by molar-refractivity contribution is -0.0475. The molecule has 78 valence electrons. The lowest BCUT2D eigenvalue weighted by Gasteiger charge is -2.06. The molecule has 0 aliphatic carbocycles. The van der Waals surface area contributed by atoms with Crippen LogP contribution < -0.4 is 5.32 Å². The van der Waals surface area contributed by atoms with Gasteiger partial charge in [0.25, 0.3) is 0 Å². The van der Waals surface area contributed by atoms with E-state index in [0.29, 0.717) is 0 Å². The zero-order chi connectivity index (χ0) is 10.3. The number of rotatable bonds is 5. The Balaban J connectivity index is 3.46. The number of phosphoric ester groups is 1. The Kier molecular flexibility index (Phi) is 5.56. The van der Waals surface area contributed by atoms with E-state index >= 15 is 0 Å². The second kappa shape index (κ2) is 5.87. The fraction of sp³-hybridized carbons (Fsp3) is 0.750. The molecule has 7 nitrogen and oxygen atoms in total. The van der Waals surface area contributed by atoms with Gasteiger partial charge in [-0.2, -0.15) is 0 Å². The summed E-state index contributed by atoms with van der Waals surface area (Å²) in [6.45, 7) is -0.465. The number of alkyl carbamates (subject to hydrolysis) is 1. The molecule has 0 spiro atoms. The molecule has 9 heteroatoms. The van der Waals surface area contributed by atoms with Crippen LogP contribution in [-0.2, 0) is 18.6 Å². The van der Waals surface area contributed by atoms with Gasteiger partial charge in [-0.15, -0.1) is 0 Å². The van der Waals surface area contributed by atoms with E-state index in [1.807, 2.05) is 0 Å². The molecule has 0 aliphatic rings. The van der Waals surface area contributed by atoms with Crippen LogP contribution >= 0.6 is 7.82 Å². The maximum Gasteiger partial charge on any atom is 0.503 e. The van der Waals surface area contributed by atoms with E-state index in [1.165, 1.54) is 0 Å². The minimum Gasteiger partial charge on any atom is -0.453 e. The van der Waals surface area contributed by atoms with Crippen molar-refractivity contribution in [3.63, 3.8) is 0 Å². The van der Waals surface area contributed by atoms with E-state index < -0.39 is 13.9 Å². The first-order valence-electron chi connectivity index (χ1n) is 3.11. The molecule has 0 aromatic rings. The summed E-state index contributed by atoms with van der Waals surface area (Å²) in [4.78, 5) is 18.7. The van der Waals surface area contributed by atoms with Crippen LogP contribution in [0.3, 0.4) is 0 Å². The highest BCUT2D eigenvalue weighted by molar-refractivity contribution is 7.47. The summed E-state index contributed by atoms with van der Waals surface area (Å²) in [6, 6.07) is 0. The molecule has 0 radical (unpaired) electrons. The number of methoxy groups -OCH3 is 1. The summed E-state index contributed by atoms with van der Waals surface area (Å²) in [5, 5.41) is 2.13. The number of carbonyl (C=O) groups excluding carboxylic acids is 1. The van der Waals surface area contributed by atoms with Crippen LogP contribution in [0, 0.1) is 0 Å². The Labute approximate surface area is 73.3 Å². The molecule has 1 amide bonds. The van der Waals surface area contributed by atoms with Crippen molar-refractivity contribution in [2.24, 2.45) is 0 Å². The second-order valence-corrected chi connectivity index (χ2v) is 3.12. The van der Waals surface area contributed by atoms with Gasteiger partial charge in [0.15, 0.2) is 0 Å². The van der Waals surface area contributed by atoms with E-state index in [9.17, 15) is 13.9 Å². The maximum atomic E-state index is 11.2. The third-order valence-electron chi connectivity index (χ3n) is 0.898. The molecule has 0 saturated carbocycles. The molecule has 0 heterocycles. The SMILES string of the molecule is COC(=O)NCCOP(=O)(O)OF. The van der Waals surface area contributed by atoms with E-state index in [0.717, 1.165) is 7.11 Å². The molecule has 0 saturated heterocycles. The van der Waals surface area contributed by atoms with Crippen LogP contribution in [-0.4, -0.2) is 31.2 Å². The smallest absolute Gasteiger partial charge is 0.453 e. The van der Waals surface area contributed by atoms with E-state index in [4.69, 9.17) is 4.89 Å². The highest BCUT2D eigenvalue weighted by atomic mass is 31.2. The van der Waals surface area contributed by atoms with Crippen molar-refractivity contribution < 1.29 is 32.8 Å². The Morgan fingerprint density at radius 2 is 2.31 bits per heavy atom. The van der Waals surface area contributed by atoms with Crippen molar-refractivity contribution in [2.45, 2.75) is 0 Å². The van der Waals surface area contributed by atoms with E-state index in [1.54, 1.807) is 0 Å². The zero-order valence-electron chi connectivity index (χ0n) is 6.73. The van der Waals surface area contributed by atoms with Crippen LogP contribution in [0.25, 0.3) is 0 Å². The van der Waals surface area contributed by atoms with Gasteiger partial charge in [0.05, 0.1) is 13.7 Å². The summed E-state index contributed by atoms with van der Waals surface area (Å²) < 4.78 is 32.3. The van der Waals surface area contributed by atoms with Crippen LogP contribution in [0.2, 0.25) is 0 Å². The molecule has 0 bridgehead atoms. The summed E-state index contributed by atoms with van der Waals surface area (Å²) in [5.41, 5.74) is 0. The van der Waals surface area contributed by atoms with Gasteiger partial charge in [0.1, 0.15) is 0 Å². The normalized spacial score (nSPS) is 14.7. The third kappa shape index (κ3) is 6.47. The molecule has 0 fully saturated rings. The molecule has 0 aromatic heterocycles. The topological polar surface area (TPSA) is 94.1 Å². The van der Waals surface area contributed by atoms with E-state index in [-0.39, 0.29) is 13.2 Å². The van der Waals surface area contributed by atoms with Crippen LogP contribution in [0.1, 0.15) is 0 Å². The fourth-order valence-corrected chi connectivity index (χ4v) is 0.768. The number of phosphoric acid groups is 1. The molecule has 1 unspecified atom stereocenters. The van der Waals surface area contributed by atoms with Crippen LogP contribution in [0.5, 0.6) is 0 Å². The molecule has 0 rings (SSSR count). The van der Waals surface area contributed by atoms with Crippen LogP contribution in [0.15, 0.2) is 0 Å². The van der Waals surface area contributed by atoms with Crippen molar-refractivity contribution in [1.29, 1.82) is 0 Å². The number of hydrogen-bond donors (Lipinski definition) is 2. The average Bonchev–Trinajstić information content (AvgIpc) is 2.12. The summed E-state index contributed by atoms with van der Waals surface area (Å²) >= 11 is 0. The number of halogens is 1. The summed E-state index contributed by atoms with van der Waals surface area (Å²) in [6.07, 6.45) is -0.725. The molecule has 1 atom stereocenters. The van der Waals surface area contributed by atoms with Gasteiger partial charge in [0.2, 0.25) is 0 Å². The zero-order valence-corrected chi connectivity index (χ0v) is 7.62. The Morgan fingerprint density at radius 1 is 1.69 bits per heavy atom. The lowest BCUT2D eigenvalue weighted by Crippen LogP contribution is -2.26. The van der Waals surface area contributed by atoms with Crippen molar-refractivity contribution in [1.82, 2.24) is 5.32 Å². The summed E-state index contributed by atoms with van der Waals surface area (Å²) in [7, 11) is -3.45. The van der Waals surface area contributed by atoms with Crippen LogP contribution in [0.4, 0.5) is 9.32 Å². The fourth-order valence-electron chi connectivity index (χ4n) is 0.406. The predicted molar refractivity (Wildman–Crippen MR) is 38.4 cm³/mol. The van der Waals surface area contributed by atoms with Gasteiger partial charge in [-0.1, -0.05) is 4.73 Å². The first-order valence-corrected chi connectivity index (χ1v) is 4.61. The van der Waals surface area contributed by atoms with Gasteiger partial charge in [0, 0.05) is 6.54 Å². The molecular formula is C4H9FNO6P. The van der Waals surface area contributed by atoms with Gasteiger partial charge < -0.3 is 14.9 Å². The Bertz CT molecular complexity index is 211. The van der Waals surface area contributed by atoms with Crippen molar-refractivity contribution in [3.8, 4) is 0 Å². The van der Waals surface area contributed by atoms with Gasteiger partial charge in [-0.3, -0.25) is 4.52 Å². The lowest BCUT2D eigenvalue weighted by atomic mass is 10.7. The monoisotopic (exact) mass is 217 g/mol. The first-order chi connectivity index (χ1) is 6.02. The van der Waals surface area contributed by atoms with E-state index in [2.05, 4.69) is 19.3 Å². The minimum atomic E-state index is -4.60. The molecule has 0 aliphatic heterocycles. The minimum absolute atomic E-state index is 0.0966. The van der Waals surface area contributed by atoms with Crippen molar-refractivity contribution in [3.05, 3.63) is 0 Å². The highest BCUT2D eigenvalue weighted by Gasteiger charge is 2.21. The average molecular weight is 217 g/mol. The first kappa shape index (κ1) is 12.3. The molecule has 2 N–H and O–H groups in total. The Hall–Kier alpha value is -0.690. The predicted octanol–water partition coefficient (Wildman–Crippen LogP) is 0.360. The number of hydrogen-bond acceptors (Lipinski definition) is 5. The van der Waals surface area contributed by atoms with Gasteiger partial charge >= 0.3 is 13.9 Å². The van der Waals surface area contributed by atoms with Crippen molar-refractivity contribution in [2.75, 3.05) is 20.3 Å². The largest absolute Gasteiger partial charge is 0.503 e. The quantitative estimate of drug-likeness (QED) is 0.510. The molecular weight excluding hydrogens is 208 g/mol. The van der Waals surface area contributed by atoms with Gasteiger partial charge in [-0.25, -0.2) is 9.36 Å². The number of ether oxygens (including phenoxy) is 1. The van der Waals surface area contributed by atoms with Gasteiger partial charge in [-0.05, 0) is 4.53 Å². The molecule has 13 heavy (non-hydrogen) atoms. The van der Waals surface area contributed by atoms with Crippen molar-refractivity contribution >= 4 is 13.9 Å². The summed E-state index contributed by atoms with van der Waals surface area (Å²) in [5.74, 6) is 0. The maximum absolute atomic E-state index is 11.2. The number of nitrogens with one attached hydrogen (secondary N) is 1.